The van der Waals surface area contributed by atoms with Crippen molar-refractivity contribution < 1.29 is 12.8 Å². The van der Waals surface area contributed by atoms with Gasteiger partial charge in [0.25, 0.3) is 0 Å². The van der Waals surface area contributed by atoms with E-state index in [1.165, 1.54) is 23.5 Å². The Bertz CT molecular complexity index is 671. The summed E-state index contributed by atoms with van der Waals surface area (Å²) in [6, 6.07) is 2.89. The normalized spacial score (nSPS) is 13.4. The van der Waals surface area contributed by atoms with Crippen LogP contribution in [-0.4, -0.2) is 13.4 Å². The molecule has 1 aromatic carbocycles. The van der Waals surface area contributed by atoms with Gasteiger partial charge in [-0.1, -0.05) is 0 Å². The van der Waals surface area contributed by atoms with E-state index in [4.69, 9.17) is 5.73 Å². The molecule has 2 aromatic rings. The van der Waals surface area contributed by atoms with Gasteiger partial charge in [0, 0.05) is 11.6 Å². The van der Waals surface area contributed by atoms with Gasteiger partial charge in [0.1, 0.15) is 10.8 Å². The fourth-order valence-corrected chi connectivity index (χ4v) is 3.41. The molecule has 0 radical (unpaired) electrons. The molecular weight excluding hydrogens is 289 g/mol. The van der Waals surface area contributed by atoms with Crippen molar-refractivity contribution in [2.45, 2.75) is 17.9 Å². The van der Waals surface area contributed by atoms with Crippen LogP contribution in [0.1, 0.15) is 18.0 Å². The number of nitrogens with two attached hydrogens (primary N) is 1. The predicted octanol–water partition coefficient (Wildman–Crippen LogP) is 1.90. The van der Waals surface area contributed by atoms with Crippen LogP contribution in [0.3, 0.4) is 0 Å². The van der Waals surface area contributed by atoms with Crippen molar-refractivity contribution in [2.75, 3.05) is 5.73 Å². The van der Waals surface area contributed by atoms with Crippen LogP contribution in [0.2, 0.25) is 0 Å². The molecule has 0 amide bonds. The zero-order valence-electron chi connectivity index (χ0n) is 10.00. The Morgan fingerprint density at radius 3 is 2.79 bits per heavy atom. The summed E-state index contributed by atoms with van der Waals surface area (Å²) < 4.78 is 39.8. The Morgan fingerprint density at radius 1 is 1.47 bits per heavy atom. The minimum atomic E-state index is -3.80. The smallest absolute Gasteiger partial charge is 0.241 e. The van der Waals surface area contributed by atoms with E-state index in [0.717, 1.165) is 6.07 Å². The Balaban J connectivity index is 2.25. The van der Waals surface area contributed by atoms with E-state index in [1.807, 2.05) is 0 Å². The van der Waals surface area contributed by atoms with Crippen molar-refractivity contribution in [1.29, 1.82) is 0 Å². The Hall–Kier alpha value is -1.51. The first kappa shape index (κ1) is 13.9. The molecule has 0 aliphatic heterocycles. The third-order valence-electron chi connectivity index (χ3n) is 2.44. The van der Waals surface area contributed by atoms with Gasteiger partial charge in [0.2, 0.25) is 10.0 Å². The number of sulfonamides is 1. The second-order valence-corrected chi connectivity index (χ2v) is 6.54. The molecule has 3 N–H and O–H groups in total. The highest BCUT2D eigenvalue weighted by molar-refractivity contribution is 7.89. The molecule has 0 saturated carbocycles. The van der Waals surface area contributed by atoms with Gasteiger partial charge in [-0.05, 0) is 25.1 Å². The number of halogens is 1. The minimum absolute atomic E-state index is 0.0908. The van der Waals surface area contributed by atoms with E-state index in [1.54, 1.807) is 18.5 Å². The van der Waals surface area contributed by atoms with Crippen LogP contribution in [0.15, 0.2) is 34.7 Å². The molecule has 1 unspecified atom stereocenters. The number of nitrogens with one attached hydrogen (secondary N) is 1. The van der Waals surface area contributed by atoms with E-state index >= 15 is 0 Å². The first-order chi connectivity index (χ1) is 8.90. The predicted molar refractivity (Wildman–Crippen MR) is 71.7 cm³/mol. The first-order valence-electron chi connectivity index (χ1n) is 5.37. The quantitative estimate of drug-likeness (QED) is 0.845. The number of anilines is 1. The lowest BCUT2D eigenvalue weighted by atomic mass is 10.3. The number of aromatic nitrogens is 1. The Morgan fingerprint density at radius 2 is 2.21 bits per heavy atom. The largest absolute Gasteiger partial charge is 0.396 e. The zero-order chi connectivity index (χ0) is 14.0. The second-order valence-electron chi connectivity index (χ2n) is 3.90. The fraction of sp³-hybridized carbons (Fsp3) is 0.182. The molecule has 0 aliphatic carbocycles. The van der Waals surface area contributed by atoms with Crippen LogP contribution in [0.25, 0.3) is 0 Å². The maximum Gasteiger partial charge on any atom is 0.241 e. The van der Waals surface area contributed by atoms with Crippen molar-refractivity contribution in [3.8, 4) is 0 Å². The lowest BCUT2D eigenvalue weighted by Gasteiger charge is -2.12. The number of nitrogen functional groups attached to an aromatic ring is 1. The number of hydrogen-bond acceptors (Lipinski definition) is 5. The summed E-state index contributed by atoms with van der Waals surface area (Å²) in [6.07, 6.45) is 1.59. The summed E-state index contributed by atoms with van der Waals surface area (Å²) in [5.74, 6) is -0.759. The molecule has 1 aromatic heterocycles. The second kappa shape index (κ2) is 5.24. The van der Waals surface area contributed by atoms with E-state index in [-0.39, 0.29) is 10.6 Å². The SMILES string of the molecule is CC(NS(=O)(=O)c1ccc(N)c(F)c1)c1nccs1. The van der Waals surface area contributed by atoms with Crippen molar-refractivity contribution in [3.63, 3.8) is 0 Å². The average molecular weight is 301 g/mol. The molecule has 102 valence electrons. The van der Waals surface area contributed by atoms with Crippen molar-refractivity contribution >= 4 is 27.0 Å². The van der Waals surface area contributed by atoms with Crippen LogP contribution in [-0.2, 0) is 10.0 Å². The zero-order valence-corrected chi connectivity index (χ0v) is 11.6. The number of benzene rings is 1. The molecule has 0 spiro atoms. The van der Waals surface area contributed by atoms with Gasteiger partial charge in [-0.3, -0.25) is 0 Å². The summed E-state index contributed by atoms with van der Waals surface area (Å²) >= 11 is 1.34. The van der Waals surface area contributed by atoms with Crippen LogP contribution < -0.4 is 10.5 Å². The summed E-state index contributed by atoms with van der Waals surface area (Å²) in [7, 11) is -3.80. The van der Waals surface area contributed by atoms with Gasteiger partial charge in [-0.15, -0.1) is 11.3 Å². The topological polar surface area (TPSA) is 85.1 Å². The van der Waals surface area contributed by atoms with Crippen molar-refractivity contribution in [2.24, 2.45) is 0 Å². The minimum Gasteiger partial charge on any atom is -0.396 e. The van der Waals surface area contributed by atoms with Gasteiger partial charge in [0.05, 0.1) is 16.6 Å². The third kappa shape index (κ3) is 3.09. The highest BCUT2D eigenvalue weighted by Crippen LogP contribution is 2.20. The standard InChI is InChI=1S/C11H12FN3O2S2/c1-7(11-14-4-5-18-11)15-19(16,17)8-2-3-10(13)9(12)6-8/h2-7,15H,13H2,1H3. The molecule has 0 aliphatic rings. The maximum absolute atomic E-state index is 13.3. The summed E-state index contributed by atoms with van der Waals surface area (Å²) in [5, 5.41) is 2.39. The Labute approximate surface area is 114 Å². The van der Waals surface area contributed by atoms with Crippen LogP contribution in [0.4, 0.5) is 10.1 Å². The number of thiazole rings is 1. The lowest BCUT2D eigenvalue weighted by Crippen LogP contribution is -2.27. The highest BCUT2D eigenvalue weighted by Gasteiger charge is 2.20. The fourth-order valence-electron chi connectivity index (χ4n) is 1.47. The number of rotatable bonds is 4. The van der Waals surface area contributed by atoms with E-state index < -0.39 is 21.9 Å². The van der Waals surface area contributed by atoms with Crippen LogP contribution in [0.5, 0.6) is 0 Å². The third-order valence-corrected chi connectivity index (χ3v) is 4.93. The van der Waals surface area contributed by atoms with Gasteiger partial charge in [-0.2, -0.15) is 0 Å². The monoisotopic (exact) mass is 301 g/mol. The van der Waals surface area contributed by atoms with E-state index in [0.29, 0.717) is 5.01 Å². The molecule has 5 nitrogen and oxygen atoms in total. The number of hydrogen-bond donors (Lipinski definition) is 2. The number of nitrogens with zero attached hydrogens (tertiary/aromatic N) is 1. The molecular formula is C11H12FN3O2S2. The summed E-state index contributed by atoms with van der Waals surface area (Å²) in [4.78, 5) is 3.86. The van der Waals surface area contributed by atoms with E-state index in [2.05, 4.69) is 9.71 Å². The molecule has 0 saturated heterocycles. The molecule has 1 atom stereocenters. The summed E-state index contributed by atoms with van der Waals surface area (Å²) in [5.41, 5.74) is 5.22. The van der Waals surface area contributed by atoms with Crippen molar-refractivity contribution in [3.05, 3.63) is 40.6 Å². The Kier molecular flexibility index (Phi) is 3.83. The van der Waals surface area contributed by atoms with Crippen LogP contribution >= 0.6 is 11.3 Å². The summed E-state index contributed by atoms with van der Waals surface area (Å²) in [6.45, 7) is 1.67. The molecule has 0 fully saturated rings. The van der Waals surface area contributed by atoms with Gasteiger partial charge in [-0.25, -0.2) is 22.5 Å². The van der Waals surface area contributed by atoms with Gasteiger partial charge >= 0.3 is 0 Å². The van der Waals surface area contributed by atoms with Crippen molar-refractivity contribution in [1.82, 2.24) is 9.71 Å². The molecule has 0 bridgehead atoms. The molecule has 2 rings (SSSR count). The molecule has 1 heterocycles. The molecule has 19 heavy (non-hydrogen) atoms. The van der Waals surface area contributed by atoms with E-state index in [9.17, 15) is 12.8 Å². The van der Waals surface area contributed by atoms with Gasteiger partial charge < -0.3 is 5.73 Å². The van der Waals surface area contributed by atoms with Crippen LogP contribution in [0, 0.1) is 5.82 Å². The average Bonchev–Trinajstić information content (AvgIpc) is 2.85. The lowest BCUT2D eigenvalue weighted by molar-refractivity contribution is 0.563. The first-order valence-corrected chi connectivity index (χ1v) is 7.73. The maximum atomic E-state index is 13.3. The highest BCUT2D eigenvalue weighted by atomic mass is 32.2. The van der Waals surface area contributed by atoms with Gasteiger partial charge in [0.15, 0.2) is 0 Å². The molecule has 8 heteroatoms.